The second kappa shape index (κ2) is 10.4. The largest absolute Gasteiger partial charge is 0.455 e. The maximum absolute atomic E-state index is 6.81. The van der Waals surface area contributed by atoms with Crippen molar-refractivity contribution in [2.24, 2.45) is 0 Å². The molecule has 9 rings (SSSR count). The molecule has 1 heterocycles. The fourth-order valence-corrected chi connectivity index (χ4v) is 7.09. The Bertz CT molecular complexity index is 2450. The first-order valence-electron chi connectivity index (χ1n) is 15.4. The molecule has 0 aliphatic carbocycles. The first-order valence-corrected chi connectivity index (χ1v) is 15.4. The Balaban J connectivity index is 1.30. The van der Waals surface area contributed by atoms with Gasteiger partial charge in [-0.25, -0.2) is 0 Å². The van der Waals surface area contributed by atoms with Crippen molar-refractivity contribution in [3.05, 3.63) is 170 Å². The third kappa shape index (κ3) is 4.09. The molecule has 0 bridgehead atoms. The van der Waals surface area contributed by atoms with Crippen molar-refractivity contribution in [2.75, 3.05) is 0 Å². The van der Waals surface area contributed by atoms with Crippen LogP contribution in [0.15, 0.2) is 174 Å². The molecule has 0 aliphatic rings. The van der Waals surface area contributed by atoms with E-state index in [1.165, 1.54) is 60.5 Å². The molecule has 0 saturated carbocycles. The number of hydrogen-bond donors (Lipinski definition) is 0. The van der Waals surface area contributed by atoms with Crippen LogP contribution in [0.25, 0.3) is 88.0 Å². The normalized spacial score (nSPS) is 11.6. The van der Waals surface area contributed by atoms with Gasteiger partial charge in [0.15, 0.2) is 0 Å². The lowest BCUT2D eigenvalue weighted by atomic mass is 9.85. The van der Waals surface area contributed by atoms with Gasteiger partial charge in [0.2, 0.25) is 0 Å². The van der Waals surface area contributed by atoms with Crippen molar-refractivity contribution in [1.82, 2.24) is 0 Å². The van der Waals surface area contributed by atoms with Gasteiger partial charge in [-0.3, -0.25) is 0 Å². The smallest absolute Gasteiger partial charge is 0.143 e. The molecule has 0 amide bonds. The van der Waals surface area contributed by atoms with Gasteiger partial charge in [0, 0.05) is 21.9 Å². The van der Waals surface area contributed by atoms with Gasteiger partial charge in [0.05, 0.1) is 0 Å². The van der Waals surface area contributed by atoms with E-state index in [2.05, 4.69) is 170 Å². The lowest BCUT2D eigenvalue weighted by molar-refractivity contribution is 0.670. The Hall–Kier alpha value is -5.92. The van der Waals surface area contributed by atoms with E-state index in [0.717, 1.165) is 27.5 Å². The molecule has 0 fully saturated rings. The van der Waals surface area contributed by atoms with Crippen molar-refractivity contribution in [3.8, 4) is 44.5 Å². The fourth-order valence-electron chi connectivity index (χ4n) is 7.09. The van der Waals surface area contributed by atoms with Crippen LogP contribution in [0, 0.1) is 0 Å². The quantitative estimate of drug-likeness (QED) is 0.191. The van der Waals surface area contributed by atoms with E-state index < -0.39 is 0 Å². The highest BCUT2D eigenvalue weighted by molar-refractivity contribution is 6.25. The molecule has 1 heteroatoms. The van der Waals surface area contributed by atoms with Crippen LogP contribution in [0.1, 0.15) is 0 Å². The maximum Gasteiger partial charge on any atom is 0.143 e. The summed E-state index contributed by atoms with van der Waals surface area (Å²) in [6, 6.07) is 60.7. The average molecular weight is 573 g/mol. The predicted molar refractivity (Wildman–Crippen MR) is 190 cm³/mol. The van der Waals surface area contributed by atoms with Crippen molar-refractivity contribution in [2.45, 2.75) is 0 Å². The minimum absolute atomic E-state index is 0.900. The van der Waals surface area contributed by atoms with E-state index in [-0.39, 0.29) is 0 Å². The van der Waals surface area contributed by atoms with Gasteiger partial charge in [0.1, 0.15) is 11.2 Å². The Labute approximate surface area is 261 Å². The van der Waals surface area contributed by atoms with E-state index in [4.69, 9.17) is 4.42 Å². The summed E-state index contributed by atoms with van der Waals surface area (Å²) in [4.78, 5) is 0. The van der Waals surface area contributed by atoms with Gasteiger partial charge in [-0.1, -0.05) is 164 Å². The topological polar surface area (TPSA) is 13.1 Å². The van der Waals surface area contributed by atoms with E-state index >= 15 is 0 Å². The molecule has 0 spiro atoms. The van der Waals surface area contributed by atoms with Crippen molar-refractivity contribution in [1.29, 1.82) is 0 Å². The summed E-state index contributed by atoms with van der Waals surface area (Å²) in [7, 11) is 0. The van der Waals surface area contributed by atoms with E-state index in [9.17, 15) is 0 Å². The van der Waals surface area contributed by atoms with Crippen LogP contribution >= 0.6 is 0 Å². The zero-order valence-electron chi connectivity index (χ0n) is 24.6. The fraction of sp³-hybridized carbons (Fsp3) is 0. The SMILES string of the molecule is c1ccc(-c2ccc(-c3cccc4oc5c(-c6c7ccccc7c(-c7ccccc7)c7ccccc67)cccc5c34)cc2)cc1. The van der Waals surface area contributed by atoms with Crippen LogP contribution in [0.4, 0.5) is 0 Å². The number of rotatable bonds is 4. The lowest BCUT2D eigenvalue weighted by Gasteiger charge is -2.17. The van der Waals surface area contributed by atoms with Crippen molar-refractivity contribution >= 4 is 43.5 Å². The zero-order chi connectivity index (χ0) is 29.7. The third-order valence-corrected chi connectivity index (χ3v) is 9.09. The van der Waals surface area contributed by atoms with Gasteiger partial charge >= 0.3 is 0 Å². The summed E-state index contributed by atoms with van der Waals surface area (Å²) in [6.07, 6.45) is 0. The molecular weight excluding hydrogens is 544 g/mol. The van der Waals surface area contributed by atoms with Gasteiger partial charge in [-0.15, -0.1) is 0 Å². The number of fused-ring (bicyclic) bond motifs is 5. The number of para-hydroxylation sites is 1. The number of benzene rings is 8. The number of hydrogen-bond acceptors (Lipinski definition) is 1. The predicted octanol–water partition coefficient (Wildman–Crippen LogP) is 12.6. The summed E-state index contributed by atoms with van der Waals surface area (Å²) >= 11 is 0. The standard InChI is InChI=1S/C44H28O/c1-3-13-29(14-4-1)30-25-27-31(28-26-30)33-21-12-24-40-43(33)39-23-11-22-38(44(39)45-40)42-36-19-9-7-17-34(36)41(32-15-5-2-6-16-32)35-18-8-10-20-37(35)42/h1-28H. The van der Waals surface area contributed by atoms with Gasteiger partial charge in [0.25, 0.3) is 0 Å². The van der Waals surface area contributed by atoms with Gasteiger partial charge in [-0.2, -0.15) is 0 Å². The Morgan fingerprint density at radius 2 is 0.756 bits per heavy atom. The molecule has 8 aromatic carbocycles. The summed E-state index contributed by atoms with van der Waals surface area (Å²) in [5.74, 6) is 0. The molecule has 0 N–H and O–H groups in total. The molecule has 210 valence electrons. The van der Waals surface area contributed by atoms with Crippen molar-refractivity contribution in [3.63, 3.8) is 0 Å². The van der Waals surface area contributed by atoms with E-state index in [1.54, 1.807) is 0 Å². The Morgan fingerprint density at radius 3 is 1.40 bits per heavy atom. The molecule has 0 unspecified atom stereocenters. The third-order valence-electron chi connectivity index (χ3n) is 9.09. The first-order chi connectivity index (χ1) is 22.3. The minimum Gasteiger partial charge on any atom is -0.455 e. The highest BCUT2D eigenvalue weighted by Gasteiger charge is 2.21. The van der Waals surface area contributed by atoms with Crippen LogP contribution in [0.3, 0.4) is 0 Å². The Morgan fingerprint density at radius 1 is 0.289 bits per heavy atom. The summed E-state index contributed by atoms with van der Waals surface area (Å²) in [6.45, 7) is 0. The van der Waals surface area contributed by atoms with Crippen LogP contribution in [-0.2, 0) is 0 Å². The highest BCUT2D eigenvalue weighted by atomic mass is 16.3. The minimum atomic E-state index is 0.900. The van der Waals surface area contributed by atoms with Crippen LogP contribution in [0.5, 0.6) is 0 Å². The molecule has 9 aromatic rings. The second-order valence-electron chi connectivity index (χ2n) is 11.6. The van der Waals surface area contributed by atoms with Gasteiger partial charge < -0.3 is 4.42 Å². The van der Waals surface area contributed by atoms with Crippen molar-refractivity contribution < 1.29 is 4.42 Å². The number of furan rings is 1. The monoisotopic (exact) mass is 572 g/mol. The second-order valence-corrected chi connectivity index (χ2v) is 11.6. The molecule has 45 heavy (non-hydrogen) atoms. The van der Waals surface area contributed by atoms with E-state index in [1.807, 2.05) is 0 Å². The summed E-state index contributed by atoms with van der Waals surface area (Å²) in [5, 5.41) is 7.20. The summed E-state index contributed by atoms with van der Waals surface area (Å²) < 4.78 is 6.81. The van der Waals surface area contributed by atoms with Gasteiger partial charge in [-0.05, 0) is 61.0 Å². The molecule has 1 aromatic heterocycles. The molecule has 0 radical (unpaired) electrons. The molecule has 0 saturated heterocycles. The summed E-state index contributed by atoms with van der Waals surface area (Å²) in [5.41, 5.74) is 11.4. The van der Waals surface area contributed by atoms with Crippen LogP contribution in [-0.4, -0.2) is 0 Å². The van der Waals surface area contributed by atoms with E-state index in [0.29, 0.717) is 0 Å². The molecular formula is C44H28O. The highest BCUT2D eigenvalue weighted by Crippen LogP contribution is 2.47. The molecule has 1 nitrogen and oxygen atoms in total. The zero-order valence-corrected chi connectivity index (χ0v) is 24.6. The first kappa shape index (κ1) is 25.6. The average Bonchev–Trinajstić information content (AvgIpc) is 3.51. The molecule has 0 aliphatic heterocycles. The maximum atomic E-state index is 6.81. The molecule has 0 atom stereocenters. The van der Waals surface area contributed by atoms with Crippen LogP contribution in [0.2, 0.25) is 0 Å². The van der Waals surface area contributed by atoms with Crippen LogP contribution < -0.4 is 0 Å². The Kier molecular flexibility index (Phi) is 5.89. The lowest BCUT2D eigenvalue weighted by Crippen LogP contribution is -1.91.